The first-order valence-corrected chi connectivity index (χ1v) is 8.83. The lowest BCUT2D eigenvalue weighted by molar-refractivity contribution is -0.133. The number of rotatable bonds is 9. The first-order chi connectivity index (χ1) is 13.5. The predicted molar refractivity (Wildman–Crippen MR) is 105 cm³/mol. The van der Waals surface area contributed by atoms with E-state index in [1.807, 2.05) is 24.3 Å². The van der Waals surface area contributed by atoms with Gasteiger partial charge in [-0.05, 0) is 30.7 Å². The van der Waals surface area contributed by atoms with E-state index in [1.165, 1.54) is 12.0 Å². The van der Waals surface area contributed by atoms with Crippen molar-refractivity contribution in [2.45, 2.75) is 12.8 Å². The third-order valence-electron chi connectivity index (χ3n) is 3.95. The van der Waals surface area contributed by atoms with Crippen LogP contribution in [0.4, 0.5) is 5.69 Å². The van der Waals surface area contributed by atoms with Crippen molar-refractivity contribution in [3.8, 4) is 17.6 Å². The molecule has 0 atom stereocenters. The number of para-hydroxylation sites is 1. The molecule has 1 N–H and O–H groups in total. The van der Waals surface area contributed by atoms with Gasteiger partial charge in [-0.15, -0.1) is 0 Å². The van der Waals surface area contributed by atoms with Gasteiger partial charge >= 0.3 is 0 Å². The van der Waals surface area contributed by atoms with Crippen LogP contribution in [0, 0.1) is 11.3 Å². The van der Waals surface area contributed by atoms with Crippen molar-refractivity contribution in [3.05, 3.63) is 54.1 Å². The van der Waals surface area contributed by atoms with E-state index in [0.29, 0.717) is 35.8 Å². The summed E-state index contributed by atoms with van der Waals surface area (Å²) in [7, 11) is 3.10. The van der Waals surface area contributed by atoms with Crippen molar-refractivity contribution in [2.24, 2.45) is 0 Å². The number of benzene rings is 2. The van der Waals surface area contributed by atoms with Crippen LogP contribution in [0.5, 0.6) is 11.5 Å². The van der Waals surface area contributed by atoms with Gasteiger partial charge in [0.15, 0.2) is 11.5 Å². The largest absolute Gasteiger partial charge is 0.493 e. The Hall–Kier alpha value is -3.53. The van der Waals surface area contributed by atoms with Gasteiger partial charge in [-0.3, -0.25) is 9.59 Å². The predicted octanol–water partition coefficient (Wildman–Crippen LogP) is 2.82. The molecule has 146 valence electrons. The highest BCUT2D eigenvalue weighted by Crippen LogP contribution is 2.27. The molecule has 7 nitrogen and oxygen atoms in total. The van der Waals surface area contributed by atoms with E-state index in [9.17, 15) is 9.59 Å². The molecule has 28 heavy (non-hydrogen) atoms. The SMILES string of the molecule is COc1cc(C#N)ccc1OCCCC(=O)N(C)CC(=O)Nc1ccccc1. The molecule has 0 bridgehead atoms. The third-order valence-corrected chi connectivity index (χ3v) is 3.95. The van der Waals surface area contributed by atoms with Crippen LogP contribution in [-0.2, 0) is 9.59 Å². The fourth-order valence-electron chi connectivity index (χ4n) is 2.48. The van der Waals surface area contributed by atoms with Gasteiger partial charge in [0.1, 0.15) is 0 Å². The molecule has 0 unspecified atom stereocenters. The zero-order valence-corrected chi connectivity index (χ0v) is 16.0. The summed E-state index contributed by atoms with van der Waals surface area (Å²) in [6.45, 7) is 0.302. The van der Waals surface area contributed by atoms with Crippen LogP contribution in [-0.4, -0.2) is 44.0 Å². The number of methoxy groups -OCH3 is 1. The zero-order chi connectivity index (χ0) is 20.4. The molecule has 2 rings (SSSR count). The van der Waals surface area contributed by atoms with Gasteiger partial charge in [-0.2, -0.15) is 5.26 Å². The summed E-state index contributed by atoms with van der Waals surface area (Å²) in [6.07, 6.45) is 0.750. The molecular weight excluding hydrogens is 358 g/mol. The Morgan fingerprint density at radius 3 is 2.57 bits per heavy atom. The highest BCUT2D eigenvalue weighted by molar-refractivity contribution is 5.94. The van der Waals surface area contributed by atoms with Crippen molar-refractivity contribution in [2.75, 3.05) is 32.6 Å². The summed E-state index contributed by atoms with van der Waals surface area (Å²) in [5.41, 5.74) is 1.17. The lowest BCUT2D eigenvalue weighted by Gasteiger charge is -2.17. The molecule has 0 aliphatic carbocycles. The number of nitriles is 1. The van der Waals surface area contributed by atoms with Crippen LogP contribution in [0.2, 0.25) is 0 Å². The number of ether oxygens (including phenoxy) is 2. The molecule has 0 aromatic heterocycles. The molecule has 7 heteroatoms. The summed E-state index contributed by atoms with van der Waals surface area (Å²) in [6, 6.07) is 16.0. The number of nitrogens with zero attached hydrogens (tertiary/aromatic N) is 2. The standard InChI is InChI=1S/C21H23N3O4/c1-24(15-20(25)23-17-7-4-3-5-8-17)21(26)9-6-12-28-18-11-10-16(14-22)13-19(18)27-2/h3-5,7-8,10-11,13H,6,9,12,15H2,1-2H3,(H,23,25). The fourth-order valence-corrected chi connectivity index (χ4v) is 2.48. The van der Waals surface area contributed by atoms with Crippen molar-refractivity contribution in [1.29, 1.82) is 5.26 Å². The minimum atomic E-state index is -0.249. The summed E-state index contributed by atoms with van der Waals surface area (Å²) < 4.78 is 10.8. The van der Waals surface area contributed by atoms with Gasteiger partial charge in [0.25, 0.3) is 0 Å². The molecule has 0 spiro atoms. The molecule has 0 radical (unpaired) electrons. The number of likely N-dealkylation sites (N-methyl/N-ethyl adjacent to an activating group) is 1. The minimum absolute atomic E-state index is 0.0158. The lowest BCUT2D eigenvalue weighted by atomic mass is 10.2. The number of nitrogens with one attached hydrogen (secondary N) is 1. The maximum Gasteiger partial charge on any atom is 0.243 e. The Morgan fingerprint density at radius 1 is 1.14 bits per heavy atom. The van der Waals surface area contributed by atoms with E-state index < -0.39 is 0 Å². The van der Waals surface area contributed by atoms with Crippen molar-refractivity contribution in [1.82, 2.24) is 4.90 Å². The van der Waals surface area contributed by atoms with Crippen LogP contribution in [0.25, 0.3) is 0 Å². The number of amides is 2. The van der Waals surface area contributed by atoms with Gasteiger partial charge < -0.3 is 19.7 Å². The molecule has 0 saturated heterocycles. The van der Waals surface area contributed by atoms with Gasteiger partial charge in [0.2, 0.25) is 11.8 Å². The molecule has 0 heterocycles. The highest BCUT2D eigenvalue weighted by Gasteiger charge is 2.13. The van der Waals surface area contributed by atoms with Gasteiger partial charge in [-0.25, -0.2) is 0 Å². The molecule has 2 amide bonds. The Bertz CT molecular complexity index is 846. The van der Waals surface area contributed by atoms with E-state index in [4.69, 9.17) is 14.7 Å². The normalized spacial score (nSPS) is 9.89. The van der Waals surface area contributed by atoms with Gasteiger partial charge in [0.05, 0.1) is 31.9 Å². The molecule has 0 aliphatic heterocycles. The average Bonchev–Trinajstić information content (AvgIpc) is 2.71. The summed E-state index contributed by atoms with van der Waals surface area (Å²) in [4.78, 5) is 25.6. The molecule has 0 fully saturated rings. The van der Waals surface area contributed by atoms with Crippen molar-refractivity contribution >= 4 is 17.5 Å². The van der Waals surface area contributed by atoms with Crippen LogP contribution < -0.4 is 14.8 Å². The van der Waals surface area contributed by atoms with E-state index in [-0.39, 0.29) is 24.8 Å². The monoisotopic (exact) mass is 381 g/mol. The quantitative estimate of drug-likeness (QED) is 0.675. The van der Waals surface area contributed by atoms with E-state index in [1.54, 1.807) is 37.4 Å². The summed E-state index contributed by atoms with van der Waals surface area (Å²) in [5.74, 6) is 0.601. The summed E-state index contributed by atoms with van der Waals surface area (Å²) >= 11 is 0. The Kier molecular flexibility index (Phi) is 7.85. The van der Waals surface area contributed by atoms with Crippen LogP contribution in [0.1, 0.15) is 18.4 Å². The molecule has 2 aromatic carbocycles. The second kappa shape index (κ2) is 10.6. The first kappa shape index (κ1) is 20.8. The number of carbonyl (C=O) groups excluding carboxylic acids is 2. The smallest absolute Gasteiger partial charge is 0.243 e. The van der Waals surface area contributed by atoms with Crippen LogP contribution in [0.3, 0.4) is 0 Å². The Morgan fingerprint density at radius 2 is 1.89 bits per heavy atom. The number of hydrogen-bond acceptors (Lipinski definition) is 5. The number of anilines is 1. The number of carbonyl (C=O) groups is 2. The Balaban J connectivity index is 1.73. The second-order valence-corrected chi connectivity index (χ2v) is 6.09. The van der Waals surface area contributed by atoms with E-state index >= 15 is 0 Å². The van der Waals surface area contributed by atoms with E-state index in [2.05, 4.69) is 5.32 Å². The minimum Gasteiger partial charge on any atom is -0.493 e. The zero-order valence-electron chi connectivity index (χ0n) is 16.0. The van der Waals surface area contributed by atoms with Crippen molar-refractivity contribution < 1.29 is 19.1 Å². The fraction of sp³-hybridized carbons (Fsp3) is 0.286. The third kappa shape index (κ3) is 6.32. The topological polar surface area (TPSA) is 91.7 Å². The lowest BCUT2D eigenvalue weighted by Crippen LogP contribution is -2.34. The maximum absolute atomic E-state index is 12.2. The highest BCUT2D eigenvalue weighted by atomic mass is 16.5. The summed E-state index contributed by atoms with van der Waals surface area (Å²) in [5, 5.41) is 11.6. The Labute approximate surface area is 164 Å². The van der Waals surface area contributed by atoms with Crippen LogP contribution in [0.15, 0.2) is 48.5 Å². The van der Waals surface area contributed by atoms with Crippen LogP contribution >= 0.6 is 0 Å². The average molecular weight is 381 g/mol. The molecule has 2 aromatic rings. The number of hydrogen-bond donors (Lipinski definition) is 1. The van der Waals surface area contributed by atoms with E-state index in [0.717, 1.165) is 0 Å². The first-order valence-electron chi connectivity index (χ1n) is 8.83. The van der Waals surface area contributed by atoms with Gasteiger partial charge in [-0.1, -0.05) is 18.2 Å². The second-order valence-electron chi connectivity index (χ2n) is 6.09. The maximum atomic E-state index is 12.2. The van der Waals surface area contributed by atoms with Crippen molar-refractivity contribution in [3.63, 3.8) is 0 Å². The molecule has 0 saturated carbocycles. The van der Waals surface area contributed by atoms with Gasteiger partial charge in [0, 0.05) is 25.2 Å². The molecule has 0 aliphatic rings. The molecular formula is C21H23N3O4.